The summed E-state index contributed by atoms with van der Waals surface area (Å²) in [5.41, 5.74) is 3.44. The average molecular weight is 617 g/mol. The molecular weight excluding hydrogens is 591 g/mol. The van der Waals surface area contributed by atoms with Crippen LogP contribution >= 0.6 is 23.2 Å². The number of rotatable bonds is 9. The van der Waals surface area contributed by atoms with Crippen molar-refractivity contribution >= 4 is 52.8 Å². The van der Waals surface area contributed by atoms with E-state index in [1.807, 2.05) is 43.3 Å². The molecule has 1 fully saturated rings. The topological polar surface area (TPSA) is 94.2 Å². The first-order chi connectivity index (χ1) is 20.7. The summed E-state index contributed by atoms with van der Waals surface area (Å²) in [6.07, 6.45) is 1.34. The largest absolute Gasteiger partial charge is 0.493 e. The molecule has 0 saturated carbocycles. The van der Waals surface area contributed by atoms with Crippen LogP contribution in [-0.4, -0.2) is 25.0 Å². The normalized spacial score (nSPS) is 14.1. The standard InChI is InChI=1S/C33H26Cl2N2O6/c1-20-3-5-21(6-4-20)18-42-26-13-11-25(12-14-26)37-32(39)27(31(38)36-33(37)40)15-23-16-28(35)30(29(17-23)41-2)43-19-22-7-9-24(34)10-8-22/h3-17H,18-19H2,1-2H3,(H,36,38,40)/b27-15+. The summed E-state index contributed by atoms with van der Waals surface area (Å²) in [7, 11) is 1.45. The second-order valence-electron chi connectivity index (χ2n) is 9.68. The van der Waals surface area contributed by atoms with Crippen LogP contribution < -0.4 is 24.4 Å². The highest BCUT2D eigenvalue weighted by molar-refractivity contribution is 6.39. The van der Waals surface area contributed by atoms with Crippen LogP contribution in [0.2, 0.25) is 10.0 Å². The Hall–Kier alpha value is -4.79. The SMILES string of the molecule is COc1cc(/C=C2\C(=O)NC(=O)N(c3ccc(OCc4ccc(C)cc4)cc3)C2=O)cc(Cl)c1OCc1ccc(Cl)cc1. The second-order valence-corrected chi connectivity index (χ2v) is 10.5. The molecule has 5 rings (SSSR count). The predicted octanol–water partition coefficient (Wildman–Crippen LogP) is 7.13. The number of halogens is 2. The number of nitrogens with zero attached hydrogens (tertiary/aromatic N) is 1. The smallest absolute Gasteiger partial charge is 0.335 e. The first-order valence-corrected chi connectivity index (χ1v) is 13.9. The van der Waals surface area contributed by atoms with Crippen molar-refractivity contribution in [2.75, 3.05) is 12.0 Å². The summed E-state index contributed by atoms with van der Waals surface area (Å²) in [5, 5.41) is 3.04. The number of ether oxygens (including phenoxy) is 3. The maximum absolute atomic E-state index is 13.4. The van der Waals surface area contributed by atoms with Gasteiger partial charge < -0.3 is 14.2 Å². The Bertz CT molecular complexity index is 1700. The van der Waals surface area contributed by atoms with Gasteiger partial charge in [-0.25, -0.2) is 9.69 Å². The van der Waals surface area contributed by atoms with Gasteiger partial charge in [-0.3, -0.25) is 14.9 Å². The van der Waals surface area contributed by atoms with Gasteiger partial charge >= 0.3 is 6.03 Å². The van der Waals surface area contributed by atoms with Crippen LogP contribution in [0.25, 0.3) is 6.08 Å². The molecule has 1 aliphatic heterocycles. The van der Waals surface area contributed by atoms with E-state index < -0.39 is 17.8 Å². The van der Waals surface area contributed by atoms with Gasteiger partial charge in [0.25, 0.3) is 11.8 Å². The van der Waals surface area contributed by atoms with Crippen LogP contribution in [-0.2, 0) is 22.8 Å². The van der Waals surface area contributed by atoms with E-state index in [1.165, 1.54) is 19.3 Å². The van der Waals surface area contributed by atoms with Crippen molar-refractivity contribution < 1.29 is 28.6 Å². The molecule has 0 bridgehead atoms. The van der Waals surface area contributed by atoms with Gasteiger partial charge in [0, 0.05) is 5.02 Å². The number of carbonyl (C=O) groups is 3. The highest BCUT2D eigenvalue weighted by Gasteiger charge is 2.37. The van der Waals surface area contributed by atoms with Crippen LogP contribution in [0.1, 0.15) is 22.3 Å². The number of imide groups is 2. The van der Waals surface area contributed by atoms with Gasteiger partial charge in [-0.15, -0.1) is 0 Å². The van der Waals surface area contributed by atoms with E-state index in [4.69, 9.17) is 37.4 Å². The summed E-state index contributed by atoms with van der Waals surface area (Å²) in [4.78, 5) is 39.7. The van der Waals surface area contributed by atoms with Crippen molar-refractivity contribution in [3.8, 4) is 17.2 Å². The summed E-state index contributed by atoms with van der Waals surface area (Å²) >= 11 is 12.5. The molecule has 0 aromatic heterocycles. The van der Waals surface area contributed by atoms with Gasteiger partial charge in [-0.1, -0.05) is 65.2 Å². The molecule has 0 unspecified atom stereocenters. The van der Waals surface area contributed by atoms with E-state index in [0.717, 1.165) is 21.6 Å². The Kier molecular flexibility index (Phi) is 8.99. The molecule has 1 saturated heterocycles. The van der Waals surface area contributed by atoms with E-state index >= 15 is 0 Å². The molecule has 0 atom stereocenters. The number of carbonyl (C=O) groups excluding carboxylic acids is 3. The Morgan fingerprint density at radius 2 is 1.44 bits per heavy atom. The van der Waals surface area contributed by atoms with Crippen molar-refractivity contribution in [1.82, 2.24) is 5.32 Å². The van der Waals surface area contributed by atoms with Gasteiger partial charge in [0.05, 0.1) is 17.8 Å². The highest BCUT2D eigenvalue weighted by Crippen LogP contribution is 2.38. The minimum Gasteiger partial charge on any atom is -0.493 e. The van der Waals surface area contributed by atoms with Crippen LogP contribution in [0.5, 0.6) is 17.2 Å². The third-order valence-electron chi connectivity index (χ3n) is 6.58. The molecule has 1 heterocycles. The lowest BCUT2D eigenvalue weighted by Crippen LogP contribution is -2.54. The van der Waals surface area contributed by atoms with Gasteiger partial charge in [-0.05, 0) is 78.2 Å². The molecule has 10 heteroatoms. The lowest BCUT2D eigenvalue weighted by atomic mass is 10.1. The van der Waals surface area contributed by atoms with E-state index in [0.29, 0.717) is 34.4 Å². The van der Waals surface area contributed by atoms with Crippen molar-refractivity contribution in [1.29, 1.82) is 0 Å². The van der Waals surface area contributed by atoms with Crippen LogP contribution in [0.4, 0.5) is 10.5 Å². The number of barbiturate groups is 1. The fourth-order valence-electron chi connectivity index (χ4n) is 4.30. The predicted molar refractivity (Wildman–Crippen MR) is 165 cm³/mol. The number of anilines is 1. The number of nitrogens with one attached hydrogen (secondary N) is 1. The molecule has 1 N–H and O–H groups in total. The molecule has 0 spiro atoms. The summed E-state index contributed by atoms with van der Waals surface area (Å²) in [5.74, 6) is -0.475. The number of hydrogen-bond donors (Lipinski definition) is 1. The van der Waals surface area contributed by atoms with E-state index in [1.54, 1.807) is 42.5 Å². The number of urea groups is 1. The zero-order valence-electron chi connectivity index (χ0n) is 23.2. The monoisotopic (exact) mass is 616 g/mol. The lowest BCUT2D eigenvalue weighted by molar-refractivity contribution is -0.122. The average Bonchev–Trinajstić information content (AvgIpc) is 2.99. The number of aryl methyl sites for hydroxylation is 1. The first-order valence-electron chi connectivity index (χ1n) is 13.2. The first kappa shape index (κ1) is 29.7. The molecule has 0 aliphatic carbocycles. The van der Waals surface area contributed by atoms with Crippen LogP contribution in [0, 0.1) is 6.92 Å². The zero-order chi connectivity index (χ0) is 30.5. The summed E-state index contributed by atoms with van der Waals surface area (Å²) in [6.45, 7) is 2.58. The minimum absolute atomic E-state index is 0.206. The van der Waals surface area contributed by atoms with E-state index in [9.17, 15) is 14.4 Å². The molecule has 1 aliphatic rings. The quantitative estimate of drug-likeness (QED) is 0.159. The van der Waals surface area contributed by atoms with Crippen LogP contribution in [0.3, 0.4) is 0 Å². The minimum atomic E-state index is -0.859. The van der Waals surface area contributed by atoms with Crippen molar-refractivity contribution in [3.05, 3.63) is 123 Å². The molecule has 8 nitrogen and oxygen atoms in total. The molecule has 218 valence electrons. The molecule has 4 amide bonds. The van der Waals surface area contributed by atoms with Gasteiger partial charge in [-0.2, -0.15) is 0 Å². The third-order valence-corrected chi connectivity index (χ3v) is 7.11. The molecular formula is C33H26Cl2N2O6. The maximum Gasteiger partial charge on any atom is 0.335 e. The molecule has 4 aromatic carbocycles. The second kappa shape index (κ2) is 13.0. The van der Waals surface area contributed by atoms with Gasteiger partial charge in [0.1, 0.15) is 24.5 Å². The summed E-state index contributed by atoms with van der Waals surface area (Å²) < 4.78 is 17.2. The van der Waals surface area contributed by atoms with Gasteiger partial charge in [0.2, 0.25) is 0 Å². The lowest BCUT2D eigenvalue weighted by Gasteiger charge is -2.26. The maximum atomic E-state index is 13.4. The fourth-order valence-corrected chi connectivity index (χ4v) is 4.70. The molecule has 4 aromatic rings. The Morgan fingerprint density at radius 3 is 2.09 bits per heavy atom. The Balaban J connectivity index is 1.33. The molecule has 43 heavy (non-hydrogen) atoms. The van der Waals surface area contributed by atoms with Crippen LogP contribution in [0.15, 0.2) is 90.5 Å². The van der Waals surface area contributed by atoms with Crippen molar-refractivity contribution in [3.63, 3.8) is 0 Å². The number of methoxy groups -OCH3 is 1. The van der Waals surface area contributed by atoms with E-state index in [2.05, 4.69) is 5.32 Å². The fraction of sp³-hybridized carbons (Fsp3) is 0.121. The number of amides is 4. The number of hydrogen-bond acceptors (Lipinski definition) is 6. The molecule has 0 radical (unpaired) electrons. The number of benzene rings is 4. The van der Waals surface area contributed by atoms with Gasteiger partial charge in [0.15, 0.2) is 11.5 Å². The van der Waals surface area contributed by atoms with E-state index in [-0.39, 0.29) is 22.9 Å². The highest BCUT2D eigenvalue weighted by atomic mass is 35.5. The summed E-state index contributed by atoms with van der Waals surface area (Å²) in [6, 6.07) is 23.8. The van der Waals surface area contributed by atoms with Crippen molar-refractivity contribution in [2.45, 2.75) is 20.1 Å². The Labute approximate surface area is 258 Å². The van der Waals surface area contributed by atoms with Crippen molar-refractivity contribution in [2.24, 2.45) is 0 Å². The zero-order valence-corrected chi connectivity index (χ0v) is 24.7. The third kappa shape index (κ3) is 6.99. The Morgan fingerprint density at radius 1 is 0.814 bits per heavy atom.